The predicted octanol–water partition coefficient (Wildman–Crippen LogP) is 6.28. The van der Waals surface area contributed by atoms with E-state index in [1.807, 2.05) is 51.1 Å². The van der Waals surface area contributed by atoms with Gasteiger partial charge in [-0.2, -0.15) is 0 Å². The molecule has 1 aliphatic heterocycles. The molecule has 0 aliphatic carbocycles. The van der Waals surface area contributed by atoms with E-state index in [0.29, 0.717) is 23.1 Å². The third kappa shape index (κ3) is 5.74. The molecule has 0 saturated carbocycles. The molecule has 33 heavy (non-hydrogen) atoms. The summed E-state index contributed by atoms with van der Waals surface area (Å²) in [6.07, 6.45) is 2.76. The second kappa shape index (κ2) is 9.82. The van der Waals surface area contributed by atoms with Gasteiger partial charge in [0.1, 0.15) is 5.60 Å². The van der Waals surface area contributed by atoms with E-state index in [9.17, 15) is 4.79 Å². The number of nitrogens with zero attached hydrogens (tertiary/aromatic N) is 3. The smallest absolute Gasteiger partial charge is 0.407 e. The number of ether oxygens (including phenoxy) is 1. The van der Waals surface area contributed by atoms with Gasteiger partial charge in [-0.3, -0.25) is 0 Å². The molecule has 1 aromatic heterocycles. The van der Waals surface area contributed by atoms with Gasteiger partial charge in [-0.15, -0.1) is 0 Å². The van der Waals surface area contributed by atoms with Crippen molar-refractivity contribution in [3.05, 3.63) is 58.1 Å². The fourth-order valence-corrected chi connectivity index (χ4v) is 4.64. The minimum absolute atomic E-state index is 0.122. The molecule has 1 saturated heterocycles. The molecule has 4 rings (SSSR count). The number of carbonyl (C=O) groups excluding carboxylic acids is 1. The number of nitrogens with one attached hydrogen (secondary N) is 1. The first-order valence-corrected chi connectivity index (χ1v) is 12.1. The Labute approximate surface area is 204 Å². The highest BCUT2D eigenvalue weighted by Gasteiger charge is 2.28. The highest BCUT2D eigenvalue weighted by Crippen LogP contribution is 2.31. The number of fused-ring (bicyclic) bond motifs is 1. The lowest BCUT2D eigenvalue weighted by molar-refractivity contribution is 0.0522. The number of halogens is 2. The zero-order valence-corrected chi connectivity index (χ0v) is 20.8. The van der Waals surface area contributed by atoms with Crippen LogP contribution in [0.1, 0.15) is 45.6 Å². The van der Waals surface area contributed by atoms with Crippen LogP contribution in [0, 0.1) is 0 Å². The van der Waals surface area contributed by atoms with Gasteiger partial charge in [0.15, 0.2) is 0 Å². The Kier molecular flexibility index (Phi) is 7.05. The largest absolute Gasteiger partial charge is 0.444 e. The number of aromatic nitrogens is 2. The first-order chi connectivity index (χ1) is 15.7. The minimum atomic E-state index is -0.527. The van der Waals surface area contributed by atoms with Gasteiger partial charge in [0, 0.05) is 29.2 Å². The molecule has 176 valence electrons. The maximum absolute atomic E-state index is 12.3. The number of carbonyl (C=O) groups is 1. The van der Waals surface area contributed by atoms with Gasteiger partial charge >= 0.3 is 6.09 Å². The minimum Gasteiger partial charge on any atom is -0.444 e. The van der Waals surface area contributed by atoms with Crippen molar-refractivity contribution in [2.75, 3.05) is 18.0 Å². The Balaban J connectivity index is 1.65. The van der Waals surface area contributed by atoms with E-state index in [4.69, 9.17) is 32.9 Å². The number of imidazole rings is 1. The fraction of sp³-hybridized carbons (Fsp3) is 0.440. The number of hydrogen-bond donors (Lipinski definition) is 1. The number of piperidine rings is 1. The Morgan fingerprint density at radius 3 is 2.76 bits per heavy atom. The lowest BCUT2D eigenvalue weighted by Gasteiger charge is -2.37. The zero-order chi connectivity index (χ0) is 23.6. The first kappa shape index (κ1) is 23.7. The Hall–Kier alpha value is -2.44. The molecular formula is C25H30Cl2N4O2. The second-order valence-electron chi connectivity index (χ2n) is 9.45. The van der Waals surface area contributed by atoms with Gasteiger partial charge in [0.2, 0.25) is 5.95 Å². The van der Waals surface area contributed by atoms with Crippen LogP contribution in [-0.2, 0) is 11.3 Å². The van der Waals surface area contributed by atoms with E-state index in [0.717, 1.165) is 48.4 Å². The topological polar surface area (TPSA) is 59.4 Å². The quantitative estimate of drug-likeness (QED) is 0.459. The van der Waals surface area contributed by atoms with E-state index < -0.39 is 11.7 Å². The number of hydrogen-bond acceptors (Lipinski definition) is 4. The molecule has 8 heteroatoms. The SMILES string of the molecule is CC(C)(C)OC(=O)NC[C@H]1CCCCN1c1nc2ccccc2n1Cc1cc(Cl)ccc1Cl. The monoisotopic (exact) mass is 488 g/mol. The van der Waals surface area contributed by atoms with Gasteiger partial charge in [-0.05, 0) is 75.9 Å². The van der Waals surface area contributed by atoms with Crippen molar-refractivity contribution < 1.29 is 9.53 Å². The molecule has 2 heterocycles. The molecule has 6 nitrogen and oxygen atoms in total. The standard InChI is InChI=1S/C25H30Cl2N4O2/c1-25(2,3)33-24(32)28-15-19-8-6-7-13-30(19)23-29-21-9-4-5-10-22(21)31(23)16-17-14-18(26)11-12-20(17)27/h4-5,9-12,14,19H,6-8,13,15-16H2,1-3H3,(H,28,32)/t19-/m1/s1. The van der Waals surface area contributed by atoms with Gasteiger partial charge in [0.25, 0.3) is 0 Å². The molecular weight excluding hydrogens is 459 g/mol. The van der Waals surface area contributed by atoms with E-state index in [-0.39, 0.29) is 6.04 Å². The average molecular weight is 489 g/mol. The van der Waals surface area contributed by atoms with Crippen LogP contribution in [0.15, 0.2) is 42.5 Å². The maximum atomic E-state index is 12.3. The summed E-state index contributed by atoms with van der Waals surface area (Å²) in [4.78, 5) is 19.6. The highest BCUT2D eigenvalue weighted by atomic mass is 35.5. The van der Waals surface area contributed by atoms with Crippen LogP contribution in [-0.4, -0.2) is 40.4 Å². The molecule has 1 aliphatic rings. The van der Waals surface area contributed by atoms with Crippen molar-refractivity contribution in [1.29, 1.82) is 0 Å². The maximum Gasteiger partial charge on any atom is 0.407 e. The molecule has 0 radical (unpaired) electrons. The molecule has 1 atom stereocenters. The third-order valence-corrected chi connectivity index (χ3v) is 6.34. The van der Waals surface area contributed by atoms with Crippen molar-refractivity contribution in [1.82, 2.24) is 14.9 Å². The van der Waals surface area contributed by atoms with Crippen LogP contribution in [0.5, 0.6) is 0 Å². The molecule has 3 aromatic rings. The Bertz CT molecular complexity index is 1140. The number of anilines is 1. The summed E-state index contributed by atoms with van der Waals surface area (Å²) >= 11 is 12.8. The molecule has 1 N–H and O–H groups in total. The summed E-state index contributed by atoms with van der Waals surface area (Å²) < 4.78 is 7.62. The molecule has 1 amide bonds. The van der Waals surface area contributed by atoms with Crippen LogP contribution in [0.3, 0.4) is 0 Å². The van der Waals surface area contributed by atoms with Gasteiger partial charge in [-0.1, -0.05) is 35.3 Å². The average Bonchev–Trinajstić information content (AvgIpc) is 3.12. The number of amides is 1. The predicted molar refractivity (Wildman–Crippen MR) is 135 cm³/mol. The summed E-state index contributed by atoms with van der Waals surface area (Å²) in [5.41, 5.74) is 2.37. The van der Waals surface area contributed by atoms with Crippen LogP contribution < -0.4 is 10.2 Å². The van der Waals surface area contributed by atoms with Gasteiger partial charge in [0.05, 0.1) is 17.6 Å². The normalized spacial score (nSPS) is 16.8. The van der Waals surface area contributed by atoms with E-state index in [2.05, 4.69) is 20.9 Å². The molecule has 0 spiro atoms. The summed E-state index contributed by atoms with van der Waals surface area (Å²) in [5.74, 6) is 0.878. The van der Waals surface area contributed by atoms with Crippen molar-refractivity contribution in [3.63, 3.8) is 0 Å². The number of benzene rings is 2. The van der Waals surface area contributed by atoms with Crippen LogP contribution in [0.25, 0.3) is 11.0 Å². The van der Waals surface area contributed by atoms with Crippen molar-refractivity contribution in [2.24, 2.45) is 0 Å². The van der Waals surface area contributed by atoms with Gasteiger partial charge < -0.3 is 19.5 Å². The van der Waals surface area contributed by atoms with E-state index >= 15 is 0 Å². The number of alkyl carbamates (subject to hydrolysis) is 1. The molecule has 0 unspecified atom stereocenters. The summed E-state index contributed by atoms with van der Waals surface area (Å²) in [5, 5.41) is 4.27. The fourth-order valence-electron chi connectivity index (χ4n) is 4.26. The summed E-state index contributed by atoms with van der Waals surface area (Å²) in [6, 6.07) is 13.7. The lowest BCUT2D eigenvalue weighted by atomic mass is 10.0. The van der Waals surface area contributed by atoms with Crippen molar-refractivity contribution in [2.45, 2.75) is 58.2 Å². The number of rotatable bonds is 5. The molecule has 1 fully saturated rings. The van der Waals surface area contributed by atoms with Crippen LogP contribution in [0.4, 0.5) is 10.7 Å². The van der Waals surface area contributed by atoms with Crippen LogP contribution >= 0.6 is 23.2 Å². The van der Waals surface area contributed by atoms with Gasteiger partial charge in [-0.25, -0.2) is 9.78 Å². The van der Waals surface area contributed by atoms with E-state index in [1.165, 1.54) is 0 Å². The zero-order valence-electron chi connectivity index (χ0n) is 19.3. The molecule has 0 bridgehead atoms. The van der Waals surface area contributed by atoms with Crippen molar-refractivity contribution in [3.8, 4) is 0 Å². The number of para-hydroxylation sites is 2. The van der Waals surface area contributed by atoms with Crippen molar-refractivity contribution >= 4 is 46.3 Å². The summed E-state index contributed by atoms with van der Waals surface area (Å²) in [6.45, 7) is 7.51. The Morgan fingerprint density at radius 1 is 1.18 bits per heavy atom. The Morgan fingerprint density at radius 2 is 1.97 bits per heavy atom. The summed E-state index contributed by atoms with van der Waals surface area (Å²) in [7, 11) is 0. The lowest BCUT2D eigenvalue weighted by Crippen LogP contribution is -2.48. The molecule has 2 aromatic carbocycles. The van der Waals surface area contributed by atoms with Crippen LogP contribution in [0.2, 0.25) is 10.0 Å². The first-order valence-electron chi connectivity index (χ1n) is 11.3. The van der Waals surface area contributed by atoms with E-state index in [1.54, 1.807) is 6.07 Å². The highest BCUT2D eigenvalue weighted by molar-refractivity contribution is 6.33. The second-order valence-corrected chi connectivity index (χ2v) is 10.3. The third-order valence-electron chi connectivity index (χ3n) is 5.74.